The zero-order valence-corrected chi connectivity index (χ0v) is 12.5. The summed E-state index contributed by atoms with van der Waals surface area (Å²) in [6, 6.07) is 1.74. The molecule has 0 aromatic rings. The minimum atomic E-state index is 0.867. The van der Waals surface area contributed by atoms with E-state index in [1.54, 1.807) is 0 Å². The van der Waals surface area contributed by atoms with Crippen LogP contribution in [0.1, 0.15) is 25.7 Å². The molecule has 0 atom stereocenters. The molecule has 0 radical (unpaired) electrons. The maximum Gasteiger partial charge on any atom is 0.0121 e. The molecule has 3 heterocycles. The maximum atomic E-state index is 3.48. The molecule has 19 heavy (non-hydrogen) atoms. The molecule has 3 rings (SSSR count). The van der Waals surface area contributed by atoms with Crippen molar-refractivity contribution < 1.29 is 0 Å². The molecule has 0 aromatic heterocycles. The van der Waals surface area contributed by atoms with Gasteiger partial charge in [-0.3, -0.25) is 4.90 Å². The van der Waals surface area contributed by atoms with Gasteiger partial charge >= 0.3 is 0 Å². The van der Waals surface area contributed by atoms with Gasteiger partial charge in [0.05, 0.1) is 0 Å². The van der Waals surface area contributed by atoms with Gasteiger partial charge in [0.25, 0.3) is 0 Å². The SMILES string of the molecule is CN1CCN(C2CCN(C3CCNCC3)CC2)CC1. The Hall–Kier alpha value is -0.160. The van der Waals surface area contributed by atoms with Crippen LogP contribution >= 0.6 is 0 Å². The molecule has 0 aromatic carbocycles. The van der Waals surface area contributed by atoms with Crippen molar-refractivity contribution in [2.24, 2.45) is 0 Å². The number of rotatable bonds is 2. The minimum absolute atomic E-state index is 0.867. The molecule has 1 N–H and O–H groups in total. The lowest BCUT2D eigenvalue weighted by Gasteiger charge is -2.44. The predicted octanol–water partition coefficient (Wildman–Crippen LogP) is 0.450. The number of likely N-dealkylation sites (tertiary alicyclic amines) is 1. The van der Waals surface area contributed by atoms with Gasteiger partial charge in [0, 0.05) is 38.3 Å². The van der Waals surface area contributed by atoms with Crippen LogP contribution in [0.4, 0.5) is 0 Å². The van der Waals surface area contributed by atoms with Crippen LogP contribution in [0.15, 0.2) is 0 Å². The van der Waals surface area contributed by atoms with E-state index in [4.69, 9.17) is 0 Å². The van der Waals surface area contributed by atoms with Crippen LogP contribution in [-0.4, -0.2) is 86.2 Å². The van der Waals surface area contributed by atoms with E-state index in [0.717, 1.165) is 12.1 Å². The maximum absolute atomic E-state index is 3.48. The van der Waals surface area contributed by atoms with Crippen molar-refractivity contribution >= 4 is 0 Å². The molecule has 0 spiro atoms. The van der Waals surface area contributed by atoms with Gasteiger partial charge in [-0.05, 0) is 58.9 Å². The molecule has 3 aliphatic heterocycles. The second kappa shape index (κ2) is 6.53. The molecular weight excluding hydrogens is 236 g/mol. The van der Waals surface area contributed by atoms with Gasteiger partial charge in [0.15, 0.2) is 0 Å². The molecule has 0 amide bonds. The van der Waals surface area contributed by atoms with Crippen molar-refractivity contribution in [2.45, 2.75) is 37.8 Å². The topological polar surface area (TPSA) is 21.8 Å². The van der Waals surface area contributed by atoms with Gasteiger partial charge in [-0.1, -0.05) is 0 Å². The Bertz CT molecular complexity index is 261. The van der Waals surface area contributed by atoms with Crippen molar-refractivity contribution in [3.8, 4) is 0 Å². The molecule has 3 aliphatic rings. The number of hydrogen-bond donors (Lipinski definition) is 1. The van der Waals surface area contributed by atoms with Gasteiger partial charge in [-0.2, -0.15) is 0 Å². The van der Waals surface area contributed by atoms with Crippen LogP contribution in [0.5, 0.6) is 0 Å². The summed E-state index contributed by atoms with van der Waals surface area (Å²) in [5, 5.41) is 3.48. The van der Waals surface area contributed by atoms with Crippen molar-refractivity contribution in [1.29, 1.82) is 0 Å². The highest BCUT2D eigenvalue weighted by Crippen LogP contribution is 2.22. The molecule has 3 saturated heterocycles. The zero-order valence-electron chi connectivity index (χ0n) is 12.5. The number of piperidine rings is 2. The Morgan fingerprint density at radius 2 is 1.21 bits per heavy atom. The third kappa shape index (κ3) is 3.48. The standard InChI is InChI=1S/C15H30N4/c1-17-10-12-19(13-11-17)15-4-8-18(9-5-15)14-2-6-16-7-3-14/h14-16H,2-13H2,1H3. The monoisotopic (exact) mass is 266 g/mol. The highest BCUT2D eigenvalue weighted by molar-refractivity contribution is 4.86. The lowest BCUT2D eigenvalue weighted by molar-refractivity contribution is 0.0483. The van der Waals surface area contributed by atoms with E-state index in [0.29, 0.717) is 0 Å². The van der Waals surface area contributed by atoms with E-state index < -0.39 is 0 Å². The summed E-state index contributed by atoms with van der Waals surface area (Å²) in [6.45, 7) is 10.2. The number of likely N-dealkylation sites (N-methyl/N-ethyl adjacent to an activating group) is 1. The van der Waals surface area contributed by atoms with E-state index in [2.05, 4.69) is 27.1 Å². The molecule has 110 valence electrons. The fourth-order valence-electron chi connectivity index (χ4n) is 3.98. The first kappa shape index (κ1) is 13.8. The van der Waals surface area contributed by atoms with E-state index in [-0.39, 0.29) is 0 Å². The Balaban J connectivity index is 1.44. The van der Waals surface area contributed by atoms with Crippen molar-refractivity contribution in [1.82, 2.24) is 20.0 Å². The summed E-state index contributed by atoms with van der Waals surface area (Å²) in [4.78, 5) is 7.98. The first-order chi connectivity index (χ1) is 9.33. The highest BCUT2D eigenvalue weighted by Gasteiger charge is 2.29. The lowest BCUT2D eigenvalue weighted by atomic mass is 9.97. The van der Waals surface area contributed by atoms with Crippen LogP contribution in [-0.2, 0) is 0 Å². The lowest BCUT2D eigenvalue weighted by Crippen LogP contribution is -2.54. The fraction of sp³-hybridized carbons (Fsp3) is 1.00. The van der Waals surface area contributed by atoms with E-state index in [1.807, 2.05) is 0 Å². The van der Waals surface area contributed by atoms with E-state index in [1.165, 1.54) is 78.0 Å². The highest BCUT2D eigenvalue weighted by atomic mass is 15.3. The first-order valence-corrected chi connectivity index (χ1v) is 8.20. The van der Waals surface area contributed by atoms with Crippen molar-refractivity contribution in [3.05, 3.63) is 0 Å². The largest absolute Gasteiger partial charge is 0.317 e. The fourth-order valence-corrected chi connectivity index (χ4v) is 3.98. The zero-order chi connectivity index (χ0) is 13.1. The van der Waals surface area contributed by atoms with Crippen LogP contribution < -0.4 is 5.32 Å². The Kier molecular flexibility index (Phi) is 4.74. The third-order valence-corrected chi connectivity index (χ3v) is 5.38. The second-order valence-corrected chi connectivity index (χ2v) is 6.59. The van der Waals surface area contributed by atoms with E-state index in [9.17, 15) is 0 Å². The third-order valence-electron chi connectivity index (χ3n) is 5.38. The average Bonchev–Trinajstić information content (AvgIpc) is 2.49. The van der Waals surface area contributed by atoms with Gasteiger partial charge in [0.2, 0.25) is 0 Å². The summed E-state index contributed by atoms with van der Waals surface area (Å²) >= 11 is 0. The van der Waals surface area contributed by atoms with Gasteiger partial charge in [-0.15, -0.1) is 0 Å². The molecule has 3 fully saturated rings. The summed E-state index contributed by atoms with van der Waals surface area (Å²) in [6.07, 6.45) is 5.51. The molecule has 0 aliphatic carbocycles. The molecule has 0 saturated carbocycles. The summed E-state index contributed by atoms with van der Waals surface area (Å²) in [5.41, 5.74) is 0. The van der Waals surface area contributed by atoms with Crippen LogP contribution in [0.3, 0.4) is 0 Å². The number of nitrogens with zero attached hydrogens (tertiary/aromatic N) is 3. The normalized spacial score (nSPS) is 30.8. The van der Waals surface area contributed by atoms with Gasteiger partial charge < -0.3 is 15.1 Å². The molecule has 0 bridgehead atoms. The predicted molar refractivity (Wildman–Crippen MR) is 79.6 cm³/mol. The summed E-state index contributed by atoms with van der Waals surface area (Å²) < 4.78 is 0. The molecule has 0 unspecified atom stereocenters. The number of nitrogens with one attached hydrogen (secondary N) is 1. The first-order valence-electron chi connectivity index (χ1n) is 8.20. The smallest absolute Gasteiger partial charge is 0.0121 e. The Labute approximate surface area is 118 Å². The van der Waals surface area contributed by atoms with E-state index >= 15 is 0 Å². The molecular formula is C15H30N4. The summed E-state index contributed by atoms with van der Waals surface area (Å²) in [7, 11) is 2.25. The van der Waals surface area contributed by atoms with Gasteiger partial charge in [-0.25, -0.2) is 0 Å². The van der Waals surface area contributed by atoms with Crippen LogP contribution in [0, 0.1) is 0 Å². The minimum Gasteiger partial charge on any atom is -0.317 e. The molecule has 4 nitrogen and oxygen atoms in total. The summed E-state index contributed by atoms with van der Waals surface area (Å²) in [5.74, 6) is 0. The molecule has 4 heteroatoms. The van der Waals surface area contributed by atoms with Crippen molar-refractivity contribution in [2.75, 3.05) is 59.4 Å². The number of piperazine rings is 1. The van der Waals surface area contributed by atoms with Crippen LogP contribution in [0.25, 0.3) is 0 Å². The second-order valence-electron chi connectivity index (χ2n) is 6.59. The quantitative estimate of drug-likeness (QED) is 0.783. The van der Waals surface area contributed by atoms with Gasteiger partial charge in [0.1, 0.15) is 0 Å². The number of hydrogen-bond acceptors (Lipinski definition) is 4. The Morgan fingerprint density at radius 1 is 0.684 bits per heavy atom. The van der Waals surface area contributed by atoms with Crippen molar-refractivity contribution in [3.63, 3.8) is 0 Å². The average molecular weight is 266 g/mol. The van der Waals surface area contributed by atoms with Crippen LogP contribution in [0.2, 0.25) is 0 Å². The Morgan fingerprint density at radius 3 is 1.84 bits per heavy atom.